The Morgan fingerprint density at radius 2 is 1.83 bits per heavy atom. The molecule has 4 nitrogen and oxygen atoms in total. The minimum atomic E-state index is 0.701. The predicted octanol–water partition coefficient (Wildman–Crippen LogP) is 3.67. The van der Waals surface area contributed by atoms with E-state index in [9.17, 15) is 0 Å². The molecule has 0 fully saturated rings. The summed E-state index contributed by atoms with van der Waals surface area (Å²) in [6.45, 7) is 4.27. The van der Waals surface area contributed by atoms with Gasteiger partial charge in [0, 0.05) is 19.6 Å². The van der Waals surface area contributed by atoms with Crippen LogP contribution < -0.4 is 4.74 Å². The van der Waals surface area contributed by atoms with Crippen molar-refractivity contribution in [1.29, 1.82) is 0 Å². The molecule has 0 aliphatic rings. The lowest BCUT2D eigenvalue weighted by Gasteiger charge is -2.10. The Labute approximate surface area is 136 Å². The van der Waals surface area contributed by atoms with Crippen molar-refractivity contribution in [3.63, 3.8) is 0 Å². The topological polar surface area (TPSA) is 36.3 Å². The van der Waals surface area contributed by atoms with E-state index in [2.05, 4.69) is 34.9 Å². The number of benzene rings is 2. The number of rotatable bonds is 7. The van der Waals surface area contributed by atoms with Gasteiger partial charge in [0.1, 0.15) is 11.6 Å². The first-order valence-corrected chi connectivity index (χ1v) is 7.96. The van der Waals surface area contributed by atoms with Gasteiger partial charge in [-0.1, -0.05) is 24.3 Å². The Morgan fingerprint density at radius 1 is 1.04 bits per heavy atom. The molecular weight excluding hydrogens is 288 g/mol. The fourth-order valence-electron chi connectivity index (χ4n) is 2.74. The fourth-order valence-corrected chi connectivity index (χ4v) is 2.74. The molecule has 4 heteroatoms. The summed E-state index contributed by atoms with van der Waals surface area (Å²) in [6, 6.07) is 16.4. The third-order valence-corrected chi connectivity index (χ3v) is 3.92. The predicted molar refractivity (Wildman–Crippen MR) is 92.0 cm³/mol. The number of imidazole rings is 1. The van der Waals surface area contributed by atoms with Crippen LogP contribution in [-0.4, -0.2) is 29.9 Å². The number of para-hydroxylation sites is 2. The van der Waals surface area contributed by atoms with Crippen LogP contribution in [0.25, 0.3) is 11.0 Å². The van der Waals surface area contributed by atoms with E-state index in [1.807, 2.05) is 25.1 Å². The maximum Gasteiger partial charge on any atom is 0.118 e. The van der Waals surface area contributed by atoms with Crippen LogP contribution in [0.15, 0.2) is 48.5 Å². The first-order chi connectivity index (χ1) is 11.3. The second-order valence-electron chi connectivity index (χ2n) is 5.39. The van der Waals surface area contributed by atoms with E-state index in [-0.39, 0.29) is 0 Å². The van der Waals surface area contributed by atoms with Crippen LogP contribution in [-0.2, 0) is 17.7 Å². The molecule has 0 radical (unpaired) electrons. The van der Waals surface area contributed by atoms with Crippen molar-refractivity contribution >= 4 is 11.0 Å². The summed E-state index contributed by atoms with van der Waals surface area (Å²) in [4.78, 5) is 4.81. The molecule has 0 aliphatic carbocycles. The maximum atomic E-state index is 5.53. The number of methoxy groups -OCH3 is 1. The first-order valence-electron chi connectivity index (χ1n) is 7.96. The highest BCUT2D eigenvalue weighted by Gasteiger charge is 2.11. The highest BCUT2D eigenvalue weighted by Crippen LogP contribution is 2.20. The zero-order valence-corrected chi connectivity index (χ0v) is 13.7. The van der Waals surface area contributed by atoms with E-state index in [1.165, 1.54) is 5.56 Å². The minimum Gasteiger partial charge on any atom is -0.497 e. The van der Waals surface area contributed by atoms with Gasteiger partial charge in [-0.25, -0.2) is 4.98 Å². The fraction of sp³-hybridized carbons (Fsp3) is 0.316. The molecule has 1 aromatic heterocycles. The van der Waals surface area contributed by atoms with Crippen molar-refractivity contribution < 1.29 is 9.47 Å². The van der Waals surface area contributed by atoms with Crippen molar-refractivity contribution in [2.24, 2.45) is 0 Å². The van der Waals surface area contributed by atoms with Gasteiger partial charge in [-0.05, 0) is 36.8 Å². The van der Waals surface area contributed by atoms with Gasteiger partial charge in [-0.15, -0.1) is 0 Å². The zero-order valence-electron chi connectivity index (χ0n) is 13.7. The molecule has 0 bridgehead atoms. The molecule has 0 atom stereocenters. The first kappa shape index (κ1) is 15.6. The zero-order chi connectivity index (χ0) is 16.1. The number of hydrogen-bond acceptors (Lipinski definition) is 3. The normalized spacial score (nSPS) is 11.0. The molecule has 23 heavy (non-hydrogen) atoms. The SMILES string of the molecule is CCOCCn1c(Cc2ccc(OC)cc2)nc2ccccc21. The molecular formula is C19H22N2O2. The molecule has 0 amide bonds. The summed E-state index contributed by atoms with van der Waals surface area (Å²) in [7, 11) is 1.68. The third kappa shape index (κ3) is 3.54. The summed E-state index contributed by atoms with van der Waals surface area (Å²) >= 11 is 0. The van der Waals surface area contributed by atoms with Gasteiger partial charge in [-0.3, -0.25) is 0 Å². The van der Waals surface area contributed by atoms with Gasteiger partial charge in [0.25, 0.3) is 0 Å². The number of nitrogens with zero attached hydrogens (tertiary/aromatic N) is 2. The van der Waals surface area contributed by atoms with Crippen LogP contribution in [0.1, 0.15) is 18.3 Å². The van der Waals surface area contributed by atoms with E-state index in [4.69, 9.17) is 14.5 Å². The lowest BCUT2D eigenvalue weighted by atomic mass is 10.1. The van der Waals surface area contributed by atoms with Crippen molar-refractivity contribution in [3.05, 3.63) is 59.9 Å². The summed E-state index contributed by atoms with van der Waals surface area (Å²) < 4.78 is 13.0. The third-order valence-electron chi connectivity index (χ3n) is 3.92. The Kier molecular flexibility index (Phi) is 4.93. The highest BCUT2D eigenvalue weighted by molar-refractivity contribution is 5.76. The molecule has 0 spiro atoms. The number of ether oxygens (including phenoxy) is 2. The summed E-state index contributed by atoms with van der Waals surface area (Å²) in [5.41, 5.74) is 3.42. The molecule has 3 aromatic rings. The second kappa shape index (κ2) is 7.29. The molecule has 2 aromatic carbocycles. The molecule has 0 unspecified atom stereocenters. The van der Waals surface area contributed by atoms with Crippen LogP contribution in [0.4, 0.5) is 0 Å². The largest absolute Gasteiger partial charge is 0.497 e. The van der Waals surface area contributed by atoms with Crippen molar-refractivity contribution in [2.75, 3.05) is 20.3 Å². The molecule has 120 valence electrons. The van der Waals surface area contributed by atoms with Crippen molar-refractivity contribution in [1.82, 2.24) is 9.55 Å². The van der Waals surface area contributed by atoms with Gasteiger partial charge in [-0.2, -0.15) is 0 Å². The minimum absolute atomic E-state index is 0.701. The van der Waals surface area contributed by atoms with Crippen LogP contribution in [0.2, 0.25) is 0 Å². The smallest absolute Gasteiger partial charge is 0.118 e. The summed E-state index contributed by atoms with van der Waals surface area (Å²) in [5, 5.41) is 0. The van der Waals surface area contributed by atoms with Crippen molar-refractivity contribution in [3.8, 4) is 5.75 Å². The highest BCUT2D eigenvalue weighted by atomic mass is 16.5. The average Bonchev–Trinajstić information content (AvgIpc) is 2.93. The van der Waals surface area contributed by atoms with Crippen LogP contribution in [0.3, 0.4) is 0 Å². The van der Waals surface area contributed by atoms with Gasteiger partial charge >= 0.3 is 0 Å². The average molecular weight is 310 g/mol. The van der Waals surface area contributed by atoms with Crippen LogP contribution in [0, 0.1) is 0 Å². The Balaban J connectivity index is 1.89. The maximum absolute atomic E-state index is 5.53. The standard InChI is InChI=1S/C19H22N2O2/c1-3-23-13-12-21-18-7-5-4-6-17(18)20-19(21)14-15-8-10-16(22-2)11-9-15/h4-11H,3,12-14H2,1-2H3. The lowest BCUT2D eigenvalue weighted by Crippen LogP contribution is -2.10. The lowest BCUT2D eigenvalue weighted by molar-refractivity contribution is 0.139. The molecule has 3 rings (SSSR count). The van der Waals surface area contributed by atoms with Crippen LogP contribution in [0.5, 0.6) is 5.75 Å². The van der Waals surface area contributed by atoms with Crippen molar-refractivity contribution in [2.45, 2.75) is 19.9 Å². The molecule has 1 heterocycles. The second-order valence-corrected chi connectivity index (χ2v) is 5.39. The van der Waals surface area contributed by atoms with Gasteiger partial charge in [0.05, 0.1) is 24.8 Å². The van der Waals surface area contributed by atoms with E-state index in [1.54, 1.807) is 7.11 Å². The monoisotopic (exact) mass is 310 g/mol. The molecule has 0 saturated heterocycles. The van der Waals surface area contributed by atoms with E-state index < -0.39 is 0 Å². The Hall–Kier alpha value is -2.33. The van der Waals surface area contributed by atoms with E-state index >= 15 is 0 Å². The van der Waals surface area contributed by atoms with E-state index in [0.717, 1.165) is 42.2 Å². The number of hydrogen-bond donors (Lipinski definition) is 0. The molecule has 0 saturated carbocycles. The number of aromatic nitrogens is 2. The quantitative estimate of drug-likeness (QED) is 0.625. The molecule has 0 aliphatic heterocycles. The number of fused-ring (bicyclic) bond motifs is 1. The van der Waals surface area contributed by atoms with Gasteiger partial charge in [0.15, 0.2) is 0 Å². The van der Waals surface area contributed by atoms with Gasteiger partial charge in [0.2, 0.25) is 0 Å². The van der Waals surface area contributed by atoms with Crippen LogP contribution >= 0.6 is 0 Å². The Morgan fingerprint density at radius 3 is 2.57 bits per heavy atom. The Bertz CT molecular complexity index is 763. The summed E-state index contributed by atoms with van der Waals surface area (Å²) in [6.07, 6.45) is 0.796. The van der Waals surface area contributed by atoms with Gasteiger partial charge < -0.3 is 14.0 Å². The van der Waals surface area contributed by atoms with E-state index in [0.29, 0.717) is 6.61 Å². The summed E-state index contributed by atoms with van der Waals surface area (Å²) in [5.74, 6) is 1.94. The molecule has 0 N–H and O–H groups in total.